The van der Waals surface area contributed by atoms with Crippen LogP contribution in [0.2, 0.25) is 0 Å². The van der Waals surface area contributed by atoms with Gasteiger partial charge in [0, 0.05) is 11.4 Å². The Morgan fingerprint density at radius 3 is 2.14 bits per heavy atom. The molecule has 4 atom stereocenters. The van der Waals surface area contributed by atoms with Gasteiger partial charge in [-0.25, -0.2) is 4.79 Å². The molecule has 0 unspecified atom stereocenters. The van der Waals surface area contributed by atoms with E-state index in [4.69, 9.17) is 31.2 Å². The maximum Gasteiger partial charge on any atom is 0.412 e. The molecule has 35 heavy (non-hydrogen) atoms. The van der Waals surface area contributed by atoms with Crippen LogP contribution in [-0.2, 0) is 14.2 Å². The summed E-state index contributed by atoms with van der Waals surface area (Å²) in [4.78, 5) is 12.5. The van der Waals surface area contributed by atoms with Gasteiger partial charge in [0.05, 0.1) is 19.3 Å². The van der Waals surface area contributed by atoms with Crippen LogP contribution < -0.4 is 20.7 Å². The van der Waals surface area contributed by atoms with Crippen molar-refractivity contribution in [3.05, 3.63) is 84.9 Å². The molecule has 2 aliphatic heterocycles. The number of para-hydroxylation sites is 2. The lowest BCUT2D eigenvalue weighted by Crippen LogP contribution is -2.46. The minimum absolute atomic E-state index is 0.141. The summed E-state index contributed by atoms with van der Waals surface area (Å²) >= 11 is 5.41. The molecule has 0 bridgehead atoms. The van der Waals surface area contributed by atoms with Crippen molar-refractivity contribution in [1.82, 2.24) is 5.32 Å². The molecule has 9 heteroatoms. The number of fused-ring (bicyclic) bond motifs is 1. The van der Waals surface area contributed by atoms with Gasteiger partial charge in [0.15, 0.2) is 11.2 Å². The molecule has 1 amide bonds. The molecule has 2 fully saturated rings. The number of carbonyl (C=O) groups is 1. The predicted molar refractivity (Wildman–Crippen MR) is 136 cm³/mol. The van der Waals surface area contributed by atoms with E-state index in [1.165, 1.54) is 0 Å². The Labute approximate surface area is 208 Å². The summed E-state index contributed by atoms with van der Waals surface area (Å²) in [6.07, 6.45) is -1.71. The Morgan fingerprint density at radius 1 is 0.771 bits per heavy atom. The maximum atomic E-state index is 12.5. The van der Waals surface area contributed by atoms with Crippen LogP contribution in [0.15, 0.2) is 84.9 Å². The van der Waals surface area contributed by atoms with Crippen LogP contribution >= 0.6 is 12.2 Å². The number of thiocarbonyl (C=S) groups is 1. The molecule has 3 aromatic carbocycles. The molecular weight excluding hydrogens is 466 g/mol. The Bertz CT molecular complexity index is 1150. The van der Waals surface area contributed by atoms with Crippen molar-refractivity contribution < 1.29 is 23.7 Å². The number of benzene rings is 3. The fourth-order valence-corrected chi connectivity index (χ4v) is 4.33. The van der Waals surface area contributed by atoms with Crippen LogP contribution in [0.3, 0.4) is 0 Å². The zero-order valence-electron chi connectivity index (χ0n) is 18.8. The first-order valence-electron chi connectivity index (χ1n) is 11.3. The number of amides is 1. The van der Waals surface area contributed by atoms with Crippen LogP contribution in [0.5, 0.6) is 11.5 Å². The number of ether oxygens (including phenoxy) is 4. The standard InChI is InChI=1S/C26H25N3O5S/c30-26(28-18-11-13-20(14-12-18)33-19-9-5-2-6-10-19)34-22-16-32-23-21(15-31-24(22)23)29-25(35)27-17-7-3-1-4-8-17/h1-14,21-24H,15-16H2,(H,28,30)(H2,27,29,35)/t21-,22-,23-,24+/m1/s1. The second kappa shape index (κ2) is 10.7. The van der Waals surface area contributed by atoms with Gasteiger partial charge < -0.3 is 29.6 Å². The van der Waals surface area contributed by atoms with Gasteiger partial charge in [0.2, 0.25) is 0 Å². The van der Waals surface area contributed by atoms with Crippen molar-refractivity contribution in [2.24, 2.45) is 0 Å². The molecule has 3 N–H and O–H groups in total. The van der Waals surface area contributed by atoms with Gasteiger partial charge in [-0.15, -0.1) is 0 Å². The minimum Gasteiger partial charge on any atom is -0.457 e. The maximum absolute atomic E-state index is 12.5. The molecule has 0 spiro atoms. The second-order valence-electron chi connectivity index (χ2n) is 8.18. The summed E-state index contributed by atoms with van der Waals surface area (Å²) in [6.45, 7) is 0.653. The average molecular weight is 492 g/mol. The van der Waals surface area contributed by atoms with Crippen LogP contribution in [0, 0.1) is 0 Å². The van der Waals surface area contributed by atoms with E-state index in [2.05, 4.69) is 16.0 Å². The lowest BCUT2D eigenvalue weighted by molar-refractivity contribution is 0.00880. The molecule has 2 saturated heterocycles. The third kappa shape index (κ3) is 5.89. The van der Waals surface area contributed by atoms with E-state index in [9.17, 15) is 4.79 Å². The minimum atomic E-state index is -0.572. The number of nitrogens with one attached hydrogen (secondary N) is 3. The van der Waals surface area contributed by atoms with Crippen LogP contribution in [-0.4, -0.2) is 48.8 Å². The van der Waals surface area contributed by atoms with E-state index in [-0.39, 0.29) is 24.9 Å². The number of carbonyl (C=O) groups excluding carboxylic acids is 1. The molecule has 0 saturated carbocycles. The highest BCUT2D eigenvalue weighted by molar-refractivity contribution is 7.80. The van der Waals surface area contributed by atoms with Crippen molar-refractivity contribution in [3.8, 4) is 11.5 Å². The number of hydrogen-bond donors (Lipinski definition) is 3. The first-order valence-corrected chi connectivity index (χ1v) is 11.7. The Hall–Kier alpha value is -3.66. The summed E-state index contributed by atoms with van der Waals surface area (Å²) in [5, 5.41) is 9.60. The molecule has 180 valence electrons. The zero-order valence-corrected chi connectivity index (χ0v) is 19.6. The highest BCUT2D eigenvalue weighted by atomic mass is 32.1. The van der Waals surface area contributed by atoms with Crippen LogP contribution in [0.25, 0.3) is 0 Å². The van der Waals surface area contributed by atoms with E-state index < -0.39 is 12.2 Å². The predicted octanol–water partition coefficient (Wildman–Crippen LogP) is 4.55. The summed E-state index contributed by atoms with van der Waals surface area (Å²) in [7, 11) is 0. The third-order valence-corrected chi connectivity index (χ3v) is 5.91. The number of anilines is 2. The van der Waals surface area contributed by atoms with Gasteiger partial charge in [0.25, 0.3) is 0 Å². The molecular formula is C26H25N3O5S. The fraction of sp³-hybridized carbons (Fsp3) is 0.231. The van der Waals surface area contributed by atoms with Gasteiger partial charge >= 0.3 is 6.09 Å². The highest BCUT2D eigenvalue weighted by Crippen LogP contribution is 2.29. The highest BCUT2D eigenvalue weighted by Gasteiger charge is 2.49. The van der Waals surface area contributed by atoms with Crippen molar-refractivity contribution >= 4 is 34.8 Å². The summed E-state index contributed by atoms with van der Waals surface area (Å²) in [5.74, 6) is 1.41. The van der Waals surface area contributed by atoms with Crippen molar-refractivity contribution in [1.29, 1.82) is 0 Å². The number of hydrogen-bond acceptors (Lipinski definition) is 6. The second-order valence-corrected chi connectivity index (χ2v) is 8.58. The quantitative estimate of drug-likeness (QED) is 0.433. The topological polar surface area (TPSA) is 90.1 Å². The molecule has 0 aliphatic carbocycles. The summed E-state index contributed by atoms with van der Waals surface area (Å²) in [6, 6.07) is 26.1. The Balaban J connectivity index is 1.09. The first kappa shape index (κ1) is 23.1. The van der Waals surface area contributed by atoms with Crippen molar-refractivity contribution in [3.63, 3.8) is 0 Å². The average Bonchev–Trinajstić information content (AvgIpc) is 3.45. The molecule has 5 rings (SSSR count). The van der Waals surface area contributed by atoms with E-state index in [1.807, 2.05) is 60.7 Å². The summed E-state index contributed by atoms with van der Waals surface area (Å²) < 4.78 is 23.1. The molecule has 2 heterocycles. The molecule has 8 nitrogen and oxygen atoms in total. The van der Waals surface area contributed by atoms with Gasteiger partial charge in [-0.05, 0) is 60.7 Å². The van der Waals surface area contributed by atoms with E-state index in [0.29, 0.717) is 23.2 Å². The molecule has 0 radical (unpaired) electrons. The molecule has 3 aromatic rings. The van der Waals surface area contributed by atoms with E-state index in [1.54, 1.807) is 24.3 Å². The third-order valence-electron chi connectivity index (χ3n) is 5.69. The fourth-order valence-electron chi connectivity index (χ4n) is 4.06. The van der Waals surface area contributed by atoms with Gasteiger partial charge in [-0.1, -0.05) is 36.4 Å². The van der Waals surface area contributed by atoms with Crippen LogP contribution in [0.4, 0.5) is 16.2 Å². The SMILES string of the molecule is O=C(Nc1ccc(Oc2ccccc2)cc1)O[C@@H]1CO[C@H]2[C@H]1OC[C@H]2NC(=S)Nc1ccccc1. The Kier molecular flexibility index (Phi) is 7.08. The monoisotopic (exact) mass is 491 g/mol. The lowest BCUT2D eigenvalue weighted by Gasteiger charge is -2.20. The molecule has 2 aliphatic rings. The largest absolute Gasteiger partial charge is 0.457 e. The zero-order chi connectivity index (χ0) is 24.0. The number of rotatable bonds is 6. The first-order chi connectivity index (χ1) is 17.1. The van der Waals surface area contributed by atoms with E-state index in [0.717, 1.165) is 11.4 Å². The molecule has 0 aromatic heterocycles. The summed E-state index contributed by atoms with van der Waals surface area (Å²) in [5.41, 5.74) is 1.49. The van der Waals surface area contributed by atoms with E-state index >= 15 is 0 Å². The van der Waals surface area contributed by atoms with Crippen LogP contribution in [0.1, 0.15) is 0 Å². The lowest BCUT2D eigenvalue weighted by atomic mass is 10.1. The van der Waals surface area contributed by atoms with Gasteiger partial charge in [-0.3, -0.25) is 5.32 Å². The van der Waals surface area contributed by atoms with Gasteiger partial charge in [-0.2, -0.15) is 0 Å². The van der Waals surface area contributed by atoms with Gasteiger partial charge in [0.1, 0.15) is 23.7 Å². The Morgan fingerprint density at radius 2 is 1.40 bits per heavy atom. The smallest absolute Gasteiger partial charge is 0.412 e. The van der Waals surface area contributed by atoms with Crippen molar-refractivity contribution in [2.75, 3.05) is 23.8 Å². The van der Waals surface area contributed by atoms with Crippen molar-refractivity contribution in [2.45, 2.75) is 24.4 Å². The normalized spacial score (nSPS) is 22.6.